The predicted molar refractivity (Wildman–Crippen MR) is 135 cm³/mol. The van der Waals surface area contributed by atoms with Crippen LogP contribution in [-0.4, -0.2) is 43.2 Å². The van der Waals surface area contributed by atoms with Gasteiger partial charge in [0.2, 0.25) is 17.8 Å². The van der Waals surface area contributed by atoms with Crippen molar-refractivity contribution in [3.63, 3.8) is 0 Å². The molecule has 1 saturated carbocycles. The summed E-state index contributed by atoms with van der Waals surface area (Å²) in [5.41, 5.74) is 6.78. The molecule has 2 heterocycles. The highest BCUT2D eigenvalue weighted by Crippen LogP contribution is 2.43. The van der Waals surface area contributed by atoms with E-state index in [-0.39, 0.29) is 24.6 Å². The van der Waals surface area contributed by atoms with Crippen LogP contribution in [0.4, 0.5) is 17.6 Å². The number of amides is 1. The van der Waals surface area contributed by atoms with Crippen molar-refractivity contribution in [2.45, 2.75) is 51.6 Å². The number of carbonyl (C=O) groups excluding carboxylic acids is 1. The fourth-order valence-electron chi connectivity index (χ4n) is 4.18. The third-order valence-electron chi connectivity index (χ3n) is 6.34. The first-order valence-corrected chi connectivity index (χ1v) is 12.1. The summed E-state index contributed by atoms with van der Waals surface area (Å²) in [6, 6.07) is 2.98. The third-order valence-corrected chi connectivity index (χ3v) is 7.16. The van der Waals surface area contributed by atoms with Gasteiger partial charge in [0, 0.05) is 22.5 Å². The molecule has 3 aromatic rings. The summed E-state index contributed by atoms with van der Waals surface area (Å²) in [4.78, 5) is 25.7. The minimum atomic E-state index is -0.540. The van der Waals surface area contributed by atoms with Gasteiger partial charge in [0.1, 0.15) is 5.52 Å². The number of aliphatic hydroxyl groups excluding tert-OH is 1. The van der Waals surface area contributed by atoms with Gasteiger partial charge in [-0.2, -0.15) is 4.98 Å². The largest absolute Gasteiger partial charge is 0.394 e. The van der Waals surface area contributed by atoms with Crippen molar-refractivity contribution in [1.82, 2.24) is 19.5 Å². The van der Waals surface area contributed by atoms with Gasteiger partial charge in [-0.15, -0.1) is 0 Å². The number of anilines is 3. The lowest BCUT2D eigenvalue weighted by Gasteiger charge is -2.35. The van der Waals surface area contributed by atoms with Gasteiger partial charge in [0.25, 0.3) is 0 Å². The predicted octanol–water partition coefficient (Wildman–Crippen LogP) is 4.93. The van der Waals surface area contributed by atoms with E-state index in [0.29, 0.717) is 69.5 Å². The SMILES string of the molecule is C[C@@H](CO)Nc1ncc2nc(Nc3c(Cl)cc(Cl)cc3Cl)n(C3CCC(C)(C(N)=O)CC3)c2n1. The summed E-state index contributed by atoms with van der Waals surface area (Å²) in [5.74, 6) is 0.587. The zero-order chi connectivity index (χ0) is 24.6. The maximum atomic E-state index is 12.0. The second-order valence-electron chi connectivity index (χ2n) is 8.96. The van der Waals surface area contributed by atoms with E-state index in [1.165, 1.54) is 0 Å². The van der Waals surface area contributed by atoms with Gasteiger partial charge in [-0.25, -0.2) is 9.97 Å². The number of aromatic nitrogens is 4. The standard InChI is InChI=1S/C22H26Cl3N7O2/c1-11(10-33)28-20-27-9-16-18(31-20)32(13-3-5-22(2,6-4-13)19(26)34)21(29-16)30-17-14(24)7-12(23)8-15(17)25/h7-9,11,13,33H,3-6,10H2,1-2H3,(H2,26,34)(H,29,30)(H,27,28,31)/t11-,13?,22?/m0/s1. The molecule has 0 radical (unpaired) electrons. The molecule has 5 N–H and O–H groups in total. The van der Waals surface area contributed by atoms with Crippen molar-refractivity contribution < 1.29 is 9.90 Å². The van der Waals surface area contributed by atoms with E-state index in [1.807, 2.05) is 18.4 Å². The first-order chi connectivity index (χ1) is 16.1. The molecule has 182 valence electrons. The highest BCUT2D eigenvalue weighted by atomic mass is 35.5. The Balaban J connectivity index is 1.78. The molecule has 1 atom stereocenters. The van der Waals surface area contributed by atoms with Crippen LogP contribution < -0.4 is 16.4 Å². The molecule has 0 spiro atoms. The van der Waals surface area contributed by atoms with E-state index in [0.717, 1.165) is 0 Å². The van der Waals surface area contributed by atoms with Crippen LogP contribution in [0.25, 0.3) is 11.2 Å². The summed E-state index contributed by atoms with van der Waals surface area (Å²) >= 11 is 18.9. The lowest BCUT2D eigenvalue weighted by molar-refractivity contribution is -0.128. The van der Waals surface area contributed by atoms with Crippen molar-refractivity contribution in [2.75, 3.05) is 17.2 Å². The molecule has 0 bridgehead atoms. The molecule has 1 aromatic carbocycles. The first kappa shape index (κ1) is 24.8. The number of imidazole rings is 1. The molecular weight excluding hydrogens is 501 g/mol. The van der Waals surface area contributed by atoms with Gasteiger partial charge in [0.15, 0.2) is 5.65 Å². The number of fused-ring (bicyclic) bond motifs is 1. The Morgan fingerprint density at radius 2 is 1.91 bits per heavy atom. The summed E-state index contributed by atoms with van der Waals surface area (Å²) in [6.07, 6.45) is 4.33. The van der Waals surface area contributed by atoms with Gasteiger partial charge < -0.3 is 21.5 Å². The molecule has 0 unspecified atom stereocenters. The van der Waals surface area contributed by atoms with E-state index in [1.54, 1.807) is 18.3 Å². The molecular formula is C22H26Cl3N7O2. The molecule has 9 nitrogen and oxygen atoms in total. The fraction of sp³-hybridized carbons (Fsp3) is 0.455. The Morgan fingerprint density at radius 3 is 2.50 bits per heavy atom. The highest BCUT2D eigenvalue weighted by molar-refractivity contribution is 6.41. The quantitative estimate of drug-likeness (QED) is 0.343. The van der Waals surface area contributed by atoms with Crippen molar-refractivity contribution in [1.29, 1.82) is 0 Å². The molecule has 1 aliphatic carbocycles. The van der Waals surface area contributed by atoms with Gasteiger partial charge in [-0.05, 0) is 44.7 Å². The normalized spacial score (nSPS) is 21.4. The lowest BCUT2D eigenvalue weighted by Crippen LogP contribution is -2.38. The Morgan fingerprint density at radius 1 is 1.26 bits per heavy atom. The lowest BCUT2D eigenvalue weighted by atomic mass is 9.73. The number of hydrogen-bond donors (Lipinski definition) is 4. The second-order valence-corrected chi connectivity index (χ2v) is 10.2. The minimum absolute atomic E-state index is 0.00258. The highest BCUT2D eigenvalue weighted by Gasteiger charge is 2.37. The van der Waals surface area contributed by atoms with Crippen LogP contribution in [0.1, 0.15) is 45.6 Å². The summed E-state index contributed by atoms with van der Waals surface area (Å²) in [6.45, 7) is 3.67. The van der Waals surface area contributed by atoms with E-state index < -0.39 is 5.41 Å². The molecule has 0 aliphatic heterocycles. The maximum absolute atomic E-state index is 12.0. The fourth-order valence-corrected chi connectivity index (χ4v) is 5.09. The average Bonchev–Trinajstić information content (AvgIpc) is 3.14. The Bertz CT molecular complexity index is 1200. The van der Waals surface area contributed by atoms with E-state index in [4.69, 9.17) is 45.5 Å². The van der Waals surface area contributed by atoms with Gasteiger partial charge in [-0.3, -0.25) is 9.36 Å². The number of rotatable bonds is 7. The third kappa shape index (κ3) is 4.88. The number of carbonyl (C=O) groups is 1. The number of nitrogens with one attached hydrogen (secondary N) is 2. The van der Waals surface area contributed by atoms with Crippen LogP contribution in [0, 0.1) is 5.41 Å². The Kier molecular flexibility index (Phi) is 7.09. The van der Waals surface area contributed by atoms with Crippen LogP contribution >= 0.6 is 34.8 Å². The number of nitrogens with two attached hydrogens (primary N) is 1. The van der Waals surface area contributed by atoms with Crippen LogP contribution in [0.2, 0.25) is 15.1 Å². The van der Waals surface area contributed by atoms with E-state index in [9.17, 15) is 9.90 Å². The number of benzene rings is 1. The van der Waals surface area contributed by atoms with Crippen LogP contribution in [0.3, 0.4) is 0 Å². The van der Waals surface area contributed by atoms with Crippen LogP contribution in [0.5, 0.6) is 0 Å². The second kappa shape index (κ2) is 9.73. The minimum Gasteiger partial charge on any atom is -0.394 e. The van der Waals surface area contributed by atoms with Gasteiger partial charge >= 0.3 is 0 Å². The monoisotopic (exact) mass is 525 g/mol. The van der Waals surface area contributed by atoms with Crippen LogP contribution in [-0.2, 0) is 4.79 Å². The van der Waals surface area contributed by atoms with Gasteiger partial charge in [-0.1, -0.05) is 41.7 Å². The van der Waals surface area contributed by atoms with E-state index >= 15 is 0 Å². The maximum Gasteiger partial charge on any atom is 0.225 e. The molecule has 1 fully saturated rings. The van der Waals surface area contributed by atoms with Crippen molar-refractivity contribution in [3.05, 3.63) is 33.4 Å². The van der Waals surface area contributed by atoms with Crippen molar-refractivity contribution in [3.8, 4) is 0 Å². The summed E-state index contributed by atoms with van der Waals surface area (Å²) < 4.78 is 1.99. The smallest absolute Gasteiger partial charge is 0.225 e. The number of halogens is 3. The molecule has 12 heteroatoms. The van der Waals surface area contributed by atoms with Crippen LogP contribution in [0.15, 0.2) is 18.3 Å². The zero-order valence-corrected chi connectivity index (χ0v) is 21.0. The first-order valence-electron chi connectivity index (χ1n) is 10.9. The molecule has 2 aromatic heterocycles. The molecule has 4 rings (SSSR count). The summed E-state index contributed by atoms with van der Waals surface area (Å²) in [7, 11) is 0. The van der Waals surface area contributed by atoms with Crippen molar-refractivity contribution in [2.24, 2.45) is 11.1 Å². The Hall–Kier alpha value is -2.33. The number of aliphatic hydroxyl groups is 1. The van der Waals surface area contributed by atoms with E-state index in [2.05, 4.69) is 20.6 Å². The molecule has 34 heavy (non-hydrogen) atoms. The number of hydrogen-bond acceptors (Lipinski definition) is 7. The summed E-state index contributed by atoms with van der Waals surface area (Å²) in [5, 5.41) is 16.8. The van der Waals surface area contributed by atoms with Gasteiger partial charge in [0.05, 0.1) is 28.5 Å². The topological polar surface area (TPSA) is 131 Å². The zero-order valence-electron chi connectivity index (χ0n) is 18.8. The number of primary amides is 1. The Labute approximate surface area is 212 Å². The average molecular weight is 527 g/mol. The van der Waals surface area contributed by atoms with Crippen molar-refractivity contribution >= 4 is 69.5 Å². The number of nitrogens with zero attached hydrogens (tertiary/aromatic N) is 4. The molecule has 0 saturated heterocycles. The molecule has 1 amide bonds. The molecule has 1 aliphatic rings.